The van der Waals surface area contributed by atoms with E-state index in [9.17, 15) is 13.2 Å². The second-order valence-electron chi connectivity index (χ2n) is 4.40. The fourth-order valence-electron chi connectivity index (χ4n) is 1.81. The van der Waals surface area contributed by atoms with Crippen molar-refractivity contribution in [2.45, 2.75) is 17.6 Å². The Labute approximate surface area is 116 Å². The largest absolute Gasteiger partial charge is 0.478 e. The standard InChI is InChI=1S/C14H13NO4S/c1-10-4-5-12(7-13(10)14(16)17)20(18,19)9-11-3-2-6-15-8-11/h2-8H,9H2,1H3,(H,16,17). The zero-order chi connectivity index (χ0) is 14.8. The molecule has 0 radical (unpaired) electrons. The molecule has 0 saturated carbocycles. The van der Waals surface area contributed by atoms with Gasteiger partial charge in [-0.1, -0.05) is 12.1 Å². The van der Waals surface area contributed by atoms with Crippen LogP contribution in [-0.2, 0) is 15.6 Å². The molecule has 104 valence electrons. The van der Waals surface area contributed by atoms with Crippen LogP contribution >= 0.6 is 0 Å². The first-order chi connectivity index (χ1) is 9.40. The highest BCUT2D eigenvalue weighted by molar-refractivity contribution is 7.90. The van der Waals surface area contributed by atoms with Gasteiger partial charge in [0.05, 0.1) is 16.2 Å². The quantitative estimate of drug-likeness (QED) is 0.932. The number of rotatable bonds is 4. The minimum absolute atomic E-state index is 0.00254. The van der Waals surface area contributed by atoms with Gasteiger partial charge in [0.25, 0.3) is 0 Å². The van der Waals surface area contributed by atoms with Crippen molar-refractivity contribution in [2.75, 3.05) is 0 Å². The lowest BCUT2D eigenvalue weighted by molar-refractivity contribution is 0.0696. The molecule has 6 heteroatoms. The van der Waals surface area contributed by atoms with Gasteiger partial charge in [-0.15, -0.1) is 0 Å². The molecule has 0 fully saturated rings. The van der Waals surface area contributed by atoms with Gasteiger partial charge >= 0.3 is 5.97 Å². The minimum Gasteiger partial charge on any atom is -0.478 e. The molecule has 0 amide bonds. The summed E-state index contributed by atoms with van der Waals surface area (Å²) < 4.78 is 24.5. The van der Waals surface area contributed by atoms with Crippen molar-refractivity contribution in [3.8, 4) is 0 Å². The minimum atomic E-state index is -3.59. The number of sulfone groups is 1. The predicted molar refractivity (Wildman–Crippen MR) is 73.3 cm³/mol. The zero-order valence-corrected chi connectivity index (χ0v) is 11.6. The summed E-state index contributed by atoms with van der Waals surface area (Å²) in [5.41, 5.74) is 1.08. The lowest BCUT2D eigenvalue weighted by atomic mass is 10.1. The van der Waals surface area contributed by atoms with Crippen LogP contribution < -0.4 is 0 Å². The third-order valence-corrected chi connectivity index (χ3v) is 4.56. The van der Waals surface area contributed by atoms with Crippen molar-refractivity contribution in [1.82, 2.24) is 4.98 Å². The summed E-state index contributed by atoms with van der Waals surface area (Å²) in [6.07, 6.45) is 3.04. The van der Waals surface area contributed by atoms with Crippen molar-refractivity contribution in [3.63, 3.8) is 0 Å². The van der Waals surface area contributed by atoms with Gasteiger partial charge < -0.3 is 5.11 Å². The van der Waals surface area contributed by atoms with Crippen LogP contribution in [0.4, 0.5) is 0 Å². The van der Waals surface area contributed by atoms with Gasteiger partial charge in [0, 0.05) is 12.4 Å². The number of pyridine rings is 1. The number of carbonyl (C=O) groups is 1. The summed E-state index contributed by atoms with van der Waals surface area (Å²) in [5.74, 6) is -1.34. The predicted octanol–water partition coefficient (Wildman–Crippen LogP) is 2.06. The molecule has 2 rings (SSSR count). The van der Waals surface area contributed by atoms with Crippen LogP contribution in [0, 0.1) is 6.92 Å². The van der Waals surface area contributed by atoms with Gasteiger partial charge in [-0.05, 0) is 36.2 Å². The van der Waals surface area contributed by atoms with Gasteiger partial charge in [-0.25, -0.2) is 13.2 Å². The van der Waals surface area contributed by atoms with Gasteiger partial charge in [-0.3, -0.25) is 4.98 Å². The van der Waals surface area contributed by atoms with E-state index in [4.69, 9.17) is 5.11 Å². The molecular weight excluding hydrogens is 278 g/mol. The van der Waals surface area contributed by atoms with Crippen molar-refractivity contribution >= 4 is 15.8 Å². The smallest absolute Gasteiger partial charge is 0.335 e. The molecule has 0 atom stereocenters. The second-order valence-corrected chi connectivity index (χ2v) is 6.39. The van der Waals surface area contributed by atoms with E-state index < -0.39 is 15.8 Å². The molecule has 1 aromatic heterocycles. The van der Waals surface area contributed by atoms with Crippen LogP contribution in [0.15, 0.2) is 47.6 Å². The molecule has 0 aliphatic rings. The van der Waals surface area contributed by atoms with E-state index in [1.54, 1.807) is 25.3 Å². The van der Waals surface area contributed by atoms with Crippen LogP contribution in [0.1, 0.15) is 21.5 Å². The number of hydrogen-bond donors (Lipinski definition) is 1. The van der Waals surface area contributed by atoms with Crippen LogP contribution in [0.25, 0.3) is 0 Å². The molecule has 0 saturated heterocycles. The summed E-state index contributed by atoms with van der Waals surface area (Å²) in [7, 11) is -3.59. The number of benzene rings is 1. The Morgan fingerprint density at radius 1 is 1.30 bits per heavy atom. The first-order valence-electron chi connectivity index (χ1n) is 5.86. The molecule has 2 aromatic rings. The molecule has 1 N–H and O–H groups in total. The highest BCUT2D eigenvalue weighted by Gasteiger charge is 2.18. The van der Waals surface area contributed by atoms with E-state index in [1.807, 2.05) is 0 Å². The molecule has 5 nitrogen and oxygen atoms in total. The van der Waals surface area contributed by atoms with Crippen LogP contribution in [0.3, 0.4) is 0 Å². The molecule has 0 bridgehead atoms. The first kappa shape index (κ1) is 14.2. The number of aromatic nitrogens is 1. The van der Waals surface area contributed by atoms with Gasteiger partial charge in [-0.2, -0.15) is 0 Å². The molecule has 0 unspecified atom stereocenters. The average molecular weight is 291 g/mol. The van der Waals surface area contributed by atoms with Gasteiger partial charge in [0.2, 0.25) is 0 Å². The van der Waals surface area contributed by atoms with E-state index in [2.05, 4.69) is 4.98 Å². The summed E-state index contributed by atoms with van der Waals surface area (Å²) in [5, 5.41) is 9.04. The third-order valence-electron chi connectivity index (χ3n) is 2.88. The summed E-state index contributed by atoms with van der Waals surface area (Å²) >= 11 is 0. The Hall–Kier alpha value is -2.21. The van der Waals surface area contributed by atoms with Crippen LogP contribution in [0.2, 0.25) is 0 Å². The number of carboxylic acids is 1. The summed E-state index contributed by atoms with van der Waals surface area (Å²) in [6.45, 7) is 1.63. The first-order valence-corrected chi connectivity index (χ1v) is 7.51. The Bertz CT molecular complexity index is 739. The monoisotopic (exact) mass is 291 g/mol. The number of hydrogen-bond acceptors (Lipinski definition) is 4. The lowest BCUT2D eigenvalue weighted by Gasteiger charge is -2.07. The maximum atomic E-state index is 12.3. The lowest BCUT2D eigenvalue weighted by Crippen LogP contribution is -2.08. The fourth-order valence-corrected chi connectivity index (χ4v) is 3.16. The van der Waals surface area contributed by atoms with E-state index in [-0.39, 0.29) is 16.2 Å². The molecule has 1 aromatic carbocycles. The van der Waals surface area contributed by atoms with Gasteiger partial charge in [0.15, 0.2) is 9.84 Å². The normalized spacial score (nSPS) is 11.2. The number of aromatic carboxylic acids is 1. The van der Waals surface area contributed by atoms with Crippen molar-refractivity contribution in [3.05, 3.63) is 59.4 Å². The Morgan fingerprint density at radius 2 is 2.05 bits per heavy atom. The second kappa shape index (κ2) is 5.42. The highest BCUT2D eigenvalue weighted by atomic mass is 32.2. The zero-order valence-electron chi connectivity index (χ0n) is 10.8. The molecule has 0 aliphatic heterocycles. The summed E-state index contributed by atoms with van der Waals surface area (Å²) in [6, 6.07) is 7.44. The molecule has 0 aliphatic carbocycles. The number of aryl methyl sites for hydroxylation is 1. The molecular formula is C14H13NO4S. The van der Waals surface area contributed by atoms with Crippen molar-refractivity contribution in [2.24, 2.45) is 0 Å². The average Bonchev–Trinajstić information content (AvgIpc) is 2.39. The maximum Gasteiger partial charge on any atom is 0.335 e. The Morgan fingerprint density at radius 3 is 2.65 bits per heavy atom. The van der Waals surface area contributed by atoms with E-state index >= 15 is 0 Å². The number of nitrogens with zero attached hydrogens (tertiary/aromatic N) is 1. The van der Waals surface area contributed by atoms with Crippen LogP contribution in [-0.4, -0.2) is 24.5 Å². The third kappa shape index (κ3) is 3.03. The van der Waals surface area contributed by atoms with E-state index in [0.717, 1.165) is 0 Å². The van der Waals surface area contributed by atoms with Crippen LogP contribution in [0.5, 0.6) is 0 Å². The Balaban J connectivity index is 2.40. The fraction of sp³-hybridized carbons (Fsp3) is 0.143. The highest BCUT2D eigenvalue weighted by Crippen LogP contribution is 2.19. The topological polar surface area (TPSA) is 84.3 Å². The van der Waals surface area contributed by atoms with Crippen molar-refractivity contribution < 1.29 is 18.3 Å². The SMILES string of the molecule is Cc1ccc(S(=O)(=O)Cc2cccnc2)cc1C(=O)O. The van der Waals surface area contributed by atoms with Crippen molar-refractivity contribution in [1.29, 1.82) is 0 Å². The van der Waals surface area contributed by atoms with E-state index in [1.165, 1.54) is 24.4 Å². The number of carboxylic acid groups (broad SMARTS) is 1. The molecule has 0 spiro atoms. The molecule has 20 heavy (non-hydrogen) atoms. The van der Waals surface area contributed by atoms with Gasteiger partial charge in [0.1, 0.15) is 0 Å². The molecule has 1 heterocycles. The summed E-state index contributed by atoms with van der Waals surface area (Å²) in [4.78, 5) is 14.9. The maximum absolute atomic E-state index is 12.3. The van der Waals surface area contributed by atoms with E-state index in [0.29, 0.717) is 11.1 Å². The Kier molecular flexibility index (Phi) is 3.85.